The van der Waals surface area contributed by atoms with E-state index in [2.05, 4.69) is 22.3 Å². The van der Waals surface area contributed by atoms with Gasteiger partial charge in [-0.15, -0.1) is 0 Å². The first-order valence-corrected chi connectivity index (χ1v) is 9.69. The Balaban J connectivity index is 1.93. The molecule has 6 nitrogen and oxygen atoms in total. The number of anilines is 1. The van der Waals surface area contributed by atoms with Gasteiger partial charge >= 0.3 is 0 Å². The molecule has 158 valence electrons. The number of amides is 1. The van der Waals surface area contributed by atoms with Gasteiger partial charge in [0.2, 0.25) is 6.10 Å². The van der Waals surface area contributed by atoms with Gasteiger partial charge in [-0.3, -0.25) is 9.78 Å². The first-order valence-electron chi connectivity index (χ1n) is 9.69. The van der Waals surface area contributed by atoms with Crippen molar-refractivity contribution in [2.24, 2.45) is 0 Å². The molecule has 2 aromatic carbocycles. The maximum Gasteiger partial charge on any atom is 0.271 e. The quantitative estimate of drug-likeness (QED) is 0.563. The van der Waals surface area contributed by atoms with E-state index in [0.717, 1.165) is 11.1 Å². The first kappa shape index (κ1) is 21.7. The molecule has 0 aliphatic heterocycles. The first-order chi connectivity index (χ1) is 15.1. The molecule has 1 aromatic heterocycles. The van der Waals surface area contributed by atoms with E-state index in [1.165, 1.54) is 0 Å². The van der Waals surface area contributed by atoms with Gasteiger partial charge in [0.05, 0.1) is 25.6 Å². The van der Waals surface area contributed by atoms with Gasteiger partial charge < -0.3 is 19.5 Å². The van der Waals surface area contributed by atoms with Gasteiger partial charge in [0.25, 0.3) is 5.91 Å². The highest BCUT2D eigenvalue weighted by Crippen LogP contribution is 2.34. The summed E-state index contributed by atoms with van der Waals surface area (Å²) in [6.45, 7) is 3.64. The van der Waals surface area contributed by atoms with Crippen LogP contribution >= 0.6 is 0 Å². The van der Waals surface area contributed by atoms with Crippen LogP contribution in [0.2, 0.25) is 0 Å². The molecule has 0 bridgehead atoms. The Bertz CT molecular complexity index is 1110. The molecule has 0 radical (unpaired) electrons. The largest absolute Gasteiger partial charge is 0.493 e. The lowest BCUT2D eigenvalue weighted by Crippen LogP contribution is -2.23. The Morgan fingerprint density at radius 1 is 1.03 bits per heavy atom. The summed E-state index contributed by atoms with van der Waals surface area (Å²) in [5.74, 6) is 3.50. The van der Waals surface area contributed by atoms with Gasteiger partial charge in [-0.2, -0.15) is 0 Å². The van der Waals surface area contributed by atoms with E-state index in [4.69, 9.17) is 14.2 Å². The Kier molecular flexibility index (Phi) is 7.13. The van der Waals surface area contributed by atoms with Crippen LogP contribution in [-0.2, 0) is 9.53 Å². The zero-order valence-corrected chi connectivity index (χ0v) is 17.9. The second-order valence-electron chi connectivity index (χ2n) is 6.72. The lowest BCUT2D eigenvalue weighted by atomic mass is 10.1. The lowest BCUT2D eigenvalue weighted by molar-refractivity contribution is -0.124. The summed E-state index contributed by atoms with van der Waals surface area (Å²) < 4.78 is 16.2. The molecule has 3 rings (SSSR count). The van der Waals surface area contributed by atoms with Crippen LogP contribution in [0.1, 0.15) is 24.2 Å². The number of hydrogen-bond acceptors (Lipinski definition) is 5. The number of methoxy groups -OCH3 is 2. The van der Waals surface area contributed by atoms with E-state index in [1.807, 2.05) is 43.3 Å². The Morgan fingerprint density at radius 2 is 1.77 bits per heavy atom. The molecule has 3 aromatic rings. The highest BCUT2D eigenvalue weighted by Gasteiger charge is 2.23. The third-order valence-electron chi connectivity index (χ3n) is 4.62. The molecule has 1 heterocycles. The van der Waals surface area contributed by atoms with Crippen molar-refractivity contribution in [3.63, 3.8) is 0 Å². The smallest absolute Gasteiger partial charge is 0.271 e. The summed E-state index contributed by atoms with van der Waals surface area (Å²) in [6, 6.07) is 16.6. The molecule has 0 spiro atoms. The molecule has 1 unspecified atom stereocenters. The monoisotopic (exact) mass is 416 g/mol. The van der Waals surface area contributed by atoms with Crippen LogP contribution < -0.4 is 14.8 Å². The second kappa shape index (κ2) is 10.2. The average Bonchev–Trinajstić information content (AvgIpc) is 2.80. The third-order valence-corrected chi connectivity index (χ3v) is 4.62. The minimum atomic E-state index is -0.883. The molecular weight excluding hydrogens is 392 g/mol. The van der Waals surface area contributed by atoms with Crippen molar-refractivity contribution in [2.75, 3.05) is 19.5 Å². The van der Waals surface area contributed by atoms with Crippen LogP contribution in [-0.4, -0.2) is 25.1 Å². The summed E-state index contributed by atoms with van der Waals surface area (Å²) >= 11 is 0. The van der Waals surface area contributed by atoms with E-state index in [1.54, 1.807) is 45.5 Å². The molecule has 0 aliphatic rings. The Labute approximate surface area is 182 Å². The normalized spacial score (nSPS) is 11.0. The van der Waals surface area contributed by atoms with Crippen molar-refractivity contribution in [3.05, 3.63) is 71.9 Å². The van der Waals surface area contributed by atoms with Crippen molar-refractivity contribution in [1.82, 2.24) is 4.98 Å². The van der Waals surface area contributed by atoms with Crippen molar-refractivity contribution < 1.29 is 19.0 Å². The topological polar surface area (TPSA) is 69.7 Å². The fourth-order valence-corrected chi connectivity index (χ4v) is 3.05. The van der Waals surface area contributed by atoms with E-state index < -0.39 is 6.10 Å². The van der Waals surface area contributed by atoms with Crippen LogP contribution in [0.3, 0.4) is 0 Å². The van der Waals surface area contributed by atoms with Crippen LogP contribution in [0, 0.1) is 19.0 Å². The van der Waals surface area contributed by atoms with Crippen LogP contribution in [0.15, 0.2) is 60.8 Å². The highest BCUT2D eigenvalue weighted by atomic mass is 16.5. The molecule has 0 aliphatic carbocycles. The summed E-state index contributed by atoms with van der Waals surface area (Å²) in [5, 5.41) is 2.93. The van der Waals surface area contributed by atoms with Gasteiger partial charge in [-0.1, -0.05) is 35.7 Å². The SMILES string of the molecule is CC#COC(C(=O)Nc1cccnc1-c1ccc(OC)c(OC)c1)c1ccc(C)cc1. The van der Waals surface area contributed by atoms with Crippen molar-refractivity contribution >= 4 is 11.6 Å². The predicted octanol–water partition coefficient (Wildman–Crippen LogP) is 4.75. The number of carbonyl (C=O) groups is 1. The van der Waals surface area contributed by atoms with E-state index in [-0.39, 0.29) is 5.91 Å². The molecule has 6 heteroatoms. The number of aryl methyl sites for hydroxylation is 1. The minimum absolute atomic E-state index is 0.346. The fourth-order valence-electron chi connectivity index (χ4n) is 3.05. The Morgan fingerprint density at radius 3 is 2.45 bits per heavy atom. The molecular formula is C25H24N2O4. The number of benzene rings is 2. The van der Waals surface area contributed by atoms with Gasteiger partial charge in [-0.05, 0) is 37.3 Å². The Hall–Kier alpha value is -3.98. The number of pyridine rings is 1. The number of aromatic nitrogens is 1. The highest BCUT2D eigenvalue weighted by molar-refractivity contribution is 5.98. The van der Waals surface area contributed by atoms with Crippen LogP contribution in [0.25, 0.3) is 11.3 Å². The third kappa shape index (κ3) is 5.14. The van der Waals surface area contributed by atoms with Gasteiger partial charge in [0.15, 0.2) is 11.5 Å². The molecule has 1 atom stereocenters. The van der Waals surface area contributed by atoms with E-state index >= 15 is 0 Å². The van der Waals surface area contributed by atoms with Crippen LogP contribution in [0.4, 0.5) is 5.69 Å². The van der Waals surface area contributed by atoms with Crippen molar-refractivity contribution in [3.8, 4) is 34.8 Å². The minimum Gasteiger partial charge on any atom is -0.493 e. The molecule has 0 fully saturated rings. The predicted molar refractivity (Wildman–Crippen MR) is 120 cm³/mol. The van der Waals surface area contributed by atoms with Crippen molar-refractivity contribution in [1.29, 1.82) is 0 Å². The number of nitrogens with zero attached hydrogens (tertiary/aromatic N) is 1. The molecule has 0 saturated carbocycles. The van der Waals surface area contributed by atoms with Gasteiger partial charge in [-0.25, -0.2) is 0 Å². The maximum atomic E-state index is 13.1. The standard InChI is InChI=1S/C25H24N2O4/c1-5-15-31-24(18-10-8-17(2)9-11-18)25(28)27-20-7-6-14-26-23(20)19-12-13-21(29-3)22(16-19)30-4/h6-14,16,24H,1-4H3,(H,27,28). The summed E-state index contributed by atoms with van der Waals surface area (Å²) in [5.41, 5.74) is 3.72. The molecule has 0 saturated heterocycles. The van der Waals surface area contributed by atoms with E-state index in [0.29, 0.717) is 28.4 Å². The summed E-state index contributed by atoms with van der Waals surface area (Å²) in [4.78, 5) is 17.6. The summed E-state index contributed by atoms with van der Waals surface area (Å²) in [7, 11) is 3.15. The zero-order valence-electron chi connectivity index (χ0n) is 17.9. The molecule has 31 heavy (non-hydrogen) atoms. The molecule has 1 amide bonds. The van der Waals surface area contributed by atoms with Gasteiger partial charge in [0, 0.05) is 24.2 Å². The number of ether oxygens (including phenoxy) is 3. The molecule has 1 N–H and O–H groups in total. The summed E-state index contributed by atoms with van der Waals surface area (Å²) in [6.07, 6.45) is 3.33. The number of carbonyl (C=O) groups excluding carboxylic acids is 1. The number of hydrogen-bond donors (Lipinski definition) is 1. The van der Waals surface area contributed by atoms with Gasteiger partial charge in [0.1, 0.15) is 6.11 Å². The average molecular weight is 416 g/mol. The van der Waals surface area contributed by atoms with Crippen molar-refractivity contribution in [2.45, 2.75) is 20.0 Å². The zero-order chi connectivity index (χ0) is 22.2. The lowest BCUT2D eigenvalue weighted by Gasteiger charge is -2.17. The van der Waals surface area contributed by atoms with Crippen LogP contribution in [0.5, 0.6) is 11.5 Å². The maximum absolute atomic E-state index is 13.1. The fraction of sp³-hybridized carbons (Fsp3) is 0.200. The number of rotatable bonds is 7. The second-order valence-corrected chi connectivity index (χ2v) is 6.72. The van der Waals surface area contributed by atoms with E-state index in [9.17, 15) is 4.79 Å². The number of nitrogens with one attached hydrogen (secondary N) is 1.